The molecule has 0 N–H and O–H groups in total. The molecule has 0 unspecified atom stereocenters. The molecule has 1 aliphatic rings. The molecule has 0 aromatic heterocycles. The van der Waals surface area contributed by atoms with Crippen LogP contribution in [0, 0.1) is 0 Å². The number of nitrogens with zero attached hydrogens (tertiary/aromatic N) is 2. The Labute approximate surface area is 132 Å². The number of aryl methyl sites for hydroxylation is 1. The first-order chi connectivity index (χ1) is 10.4. The zero-order valence-corrected chi connectivity index (χ0v) is 13.9. The van der Waals surface area contributed by atoms with Gasteiger partial charge in [-0.1, -0.05) is 30.3 Å². The number of hydrogen-bond acceptors (Lipinski definition) is 4. The zero-order chi connectivity index (χ0) is 16.0. The largest absolute Gasteiger partial charge is 0.340 e. The van der Waals surface area contributed by atoms with Crippen molar-refractivity contribution in [2.75, 3.05) is 44.7 Å². The Bertz CT molecular complexity index is 579. The second-order valence-corrected chi connectivity index (χ2v) is 8.10. The molecule has 122 valence electrons. The minimum atomic E-state index is -2.91. The van der Waals surface area contributed by atoms with Gasteiger partial charge < -0.3 is 4.90 Å². The van der Waals surface area contributed by atoms with E-state index in [0.717, 1.165) is 19.5 Å². The number of carbonyl (C=O) groups is 1. The molecule has 1 aromatic rings. The van der Waals surface area contributed by atoms with Gasteiger partial charge in [-0.05, 0) is 12.0 Å². The molecule has 1 heterocycles. The SMILES string of the molecule is CS(=O)(=O)CCN1CCN(C(=O)CCc2ccccc2)CC1. The maximum atomic E-state index is 12.2. The van der Waals surface area contributed by atoms with Gasteiger partial charge in [0, 0.05) is 45.4 Å². The fourth-order valence-electron chi connectivity index (χ4n) is 2.57. The topological polar surface area (TPSA) is 57.7 Å². The van der Waals surface area contributed by atoms with Crippen LogP contribution in [0.3, 0.4) is 0 Å². The summed E-state index contributed by atoms with van der Waals surface area (Å²) >= 11 is 0. The summed E-state index contributed by atoms with van der Waals surface area (Å²) in [6.45, 7) is 3.46. The lowest BCUT2D eigenvalue weighted by atomic mass is 10.1. The van der Waals surface area contributed by atoms with E-state index in [0.29, 0.717) is 26.1 Å². The Morgan fingerprint density at radius 2 is 1.73 bits per heavy atom. The van der Waals surface area contributed by atoms with Crippen LogP contribution in [0.5, 0.6) is 0 Å². The van der Waals surface area contributed by atoms with E-state index in [9.17, 15) is 13.2 Å². The van der Waals surface area contributed by atoms with Gasteiger partial charge in [0.05, 0.1) is 5.75 Å². The monoisotopic (exact) mass is 324 g/mol. The highest BCUT2D eigenvalue weighted by Crippen LogP contribution is 2.08. The van der Waals surface area contributed by atoms with Crippen LogP contribution < -0.4 is 0 Å². The highest BCUT2D eigenvalue weighted by Gasteiger charge is 2.21. The first kappa shape index (κ1) is 17.0. The van der Waals surface area contributed by atoms with Gasteiger partial charge in [0.1, 0.15) is 9.84 Å². The summed E-state index contributed by atoms with van der Waals surface area (Å²) in [6, 6.07) is 10.0. The molecule has 0 bridgehead atoms. The summed E-state index contributed by atoms with van der Waals surface area (Å²) in [6.07, 6.45) is 2.57. The predicted molar refractivity (Wildman–Crippen MR) is 87.5 cm³/mol. The molecule has 1 aromatic carbocycles. The highest BCUT2D eigenvalue weighted by atomic mass is 32.2. The minimum Gasteiger partial charge on any atom is -0.340 e. The molecule has 6 heteroatoms. The van der Waals surface area contributed by atoms with Crippen molar-refractivity contribution in [1.29, 1.82) is 0 Å². The van der Waals surface area contributed by atoms with E-state index in [1.807, 2.05) is 35.2 Å². The third-order valence-electron chi connectivity index (χ3n) is 3.97. The van der Waals surface area contributed by atoms with E-state index in [1.54, 1.807) is 0 Å². The third-order valence-corrected chi connectivity index (χ3v) is 4.90. The molecule has 0 aliphatic carbocycles. The average molecular weight is 324 g/mol. The second kappa shape index (κ2) is 7.74. The zero-order valence-electron chi connectivity index (χ0n) is 13.1. The van der Waals surface area contributed by atoms with Crippen molar-refractivity contribution in [3.63, 3.8) is 0 Å². The number of hydrogen-bond donors (Lipinski definition) is 0. The van der Waals surface area contributed by atoms with Crippen molar-refractivity contribution in [2.24, 2.45) is 0 Å². The standard InChI is InChI=1S/C16H24N2O3S/c1-22(20,21)14-13-17-9-11-18(12-10-17)16(19)8-7-15-5-3-2-4-6-15/h2-6H,7-14H2,1H3. The van der Waals surface area contributed by atoms with Crippen molar-refractivity contribution < 1.29 is 13.2 Å². The first-order valence-electron chi connectivity index (χ1n) is 7.66. The molecule has 5 nitrogen and oxygen atoms in total. The van der Waals surface area contributed by atoms with Crippen molar-refractivity contribution in [2.45, 2.75) is 12.8 Å². The van der Waals surface area contributed by atoms with E-state index in [-0.39, 0.29) is 11.7 Å². The average Bonchev–Trinajstić information content (AvgIpc) is 2.51. The molecular weight excluding hydrogens is 300 g/mol. The quantitative estimate of drug-likeness (QED) is 0.777. The number of amides is 1. The van der Waals surface area contributed by atoms with Crippen LogP contribution in [0.15, 0.2) is 30.3 Å². The molecule has 0 spiro atoms. The fourth-order valence-corrected chi connectivity index (χ4v) is 3.16. The van der Waals surface area contributed by atoms with Gasteiger partial charge in [0.2, 0.25) is 5.91 Å². The lowest BCUT2D eigenvalue weighted by Crippen LogP contribution is -2.49. The number of carbonyl (C=O) groups excluding carboxylic acids is 1. The molecule has 0 saturated carbocycles. The van der Waals surface area contributed by atoms with Crippen molar-refractivity contribution in [3.8, 4) is 0 Å². The third kappa shape index (κ3) is 5.77. The van der Waals surface area contributed by atoms with Crippen LogP contribution >= 0.6 is 0 Å². The summed E-state index contributed by atoms with van der Waals surface area (Å²) in [4.78, 5) is 16.2. The van der Waals surface area contributed by atoms with Gasteiger partial charge in [-0.3, -0.25) is 9.69 Å². The summed E-state index contributed by atoms with van der Waals surface area (Å²) in [5, 5.41) is 0. The maximum Gasteiger partial charge on any atom is 0.222 e. The molecule has 1 saturated heterocycles. The molecule has 1 fully saturated rings. The van der Waals surface area contributed by atoms with E-state index in [4.69, 9.17) is 0 Å². The fraction of sp³-hybridized carbons (Fsp3) is 0.562. The number of benzene rings is 1. The lowest BCUT2D eigenvalue weighted by molar-refractivity contribution is -0.132. The van der Waals surface area contributed by atoms with E-state index >= 15 is 0 Å². The lowest BCUT2D eigenvalue weighted by Gasteiger charge is -2.34. The minimum absolute atomic E-state index is 0.187. The smallest absolute Gasteiger partial charge is 0.222 e. The highest BCUT2D eigenvalue weighted by molar-refractivity contribution is 7.90. The van der Waals surface area contributed by atoms with Crippen LogP contribution in [0.25, 0.3) is 0 Å². The summed E-state index contributed by atoms with van der Waals surface area (Å²) in [7, 11) is -2.91. The second-order valence-electron chi connectivity index (χ2n) is 5.84. The molecule has 2 rings (SSSR count). The maximum absolute atomic E-state index is 12.2. The Morgan fingerprint density at radius 1 is 1.09 bits per heavy atom. The van der Waals surface area contributed by atoms with Crippen molar-refractivity contribution in [3.05, 3.63) is 35.9 Å². The Hall–Kier alpha value is -1.40. The van der Waals surface area contributed by atoms with Gasteiger partial charge in [-0.15, -0.1) is 0 Å². The molecule has 1 amide bonds. The van der Waals surface area contributed by atoms with Gasteiger partial charge in [-0.25, -0.2) is 8.42 Å². The Kier molecular flexibility index (Phi) is 5.97. The van der Waals surface area contributed by atoms with Crippen LogP contribution in [-0.4, -0.2) is 68.9 Å². The van der Waals surface area contributed by atoms with Gasteiger partial charge >= 0.3 is 0 Å². The van der Waals surface area contributed by atoms with Crippen LogP contribution in [0.2, 0.25) is 0 Å². The van der Waals surface area contributed by atoms with Crippen molar-refractivity contribution >= 4 is 15.7 Å². The first-order valence-corrected chi connectivity index (χ1v) is 9.72. The van der Waals surface area contributed by atoms with E-state index < -0.39 is 9.84 Å². The number of sulfone groups is 1. The number of piperazine rings is 1. The van der Waals surface area contributed by atoms with Crippen LogP contribution in [0.1, 0.15) is 12.0 Å². The normalized spacial score (nSPS) is 16.7. The molecular formula is C16H24N2O3S. The Morgan fingerprint density at radius 3 is 2.32 bits per heavy atom. The Balaban J connectivity index is 1.71. The summed E-state index contributed by atoms with van der Waals surface area (Å²) < 4.78 is 22.4. The molecule has 22 heavy (non-hydrogen) atoms. The predicted octanol–water partition coefficient (Wildman–Crippen LogP) is 0.808. The van der Waals surface area contributed by atoms with Gasteiger partial charge in [0.15, 0.2) is 0 Å². The van der Waals surface area contributed by atoms with E-state index in [1.165, 1.54) is 11.8 Å². The summed E-state index contributed by atoms with van der Waals surface area (Å²) in [5.41, 5.74) is 1.18. The molecule has 1 aliphatic heterocycles. The summed E-state index contributed by atoms with van der Waals surface area (Å²) in [5.74, 6) is 0.376. The van der Waals surface area contributed by atoms with Gasteiger partial charge in [-0.2, -0.15) is 0 Å². The van der Waals surface area contributed by atoms with Gasteiger partial charge in [0.25, 0.3) is 0 Å². The van der Waals surface area contributed by atoms with Crippen LogP contribution in [0.4, 0.5) is 0 Å². The number of rotatable bonds is 6. The van der Waals surface area contributed by atoms with Crippen molar-refractivity contribution in [1.82, 2.24) is 9.80 Å². The van der Waals surface area contributed by atoms with Crippen LogP contribution in [-0.2, 0) is 21.1 Å². The van der Waals surface area contributed by atoms with E-state index in [2.05, 4.69) is 4.90 Å². The molecule has 0 radical (unpaired) electrons. The molecule has 0 atom stereocenters.